The van der Waals surface area contributed by atoms with Gasteiger partial charge in [-0.2, -0.15) is 11.8 Å². The quantitative estimate of drug-likeness (QED) is 0.858. The maximum absolute atomic E-state index is 12.5. The standard InChI is InChI=1S/C15H20N2O3S/c1-21-7-6-12(16)14(18)17-9-11(15(19)20)8-10-4-2-3-5-13(10)17/h2-5,11-12H,6-9,16H2,1H3,(H,19,20)/t11?,12-/m1/s1. The number of thioether (sulfide) groups is 1. The van der Waals surface area contributed by atoms with Crippen LogP contribution in [0.1, 0.15) is 12.0 Å². The van der Waals surface area contributed by atoms with Crippen LogP contribution >= 0.6 is 11.8 Å². The van der Waals surface area contributed by atoms with E-state index in [1.165, 1.54) is 0 Å². The van der Waals surface area contributed by atoms with E-state index in [1.807, 2.05) is 30.5 Å². The second kappa shape index (κ2) is 6.95. The molecule has 0 saturated heterocycles. The van der Waals surface area contributed by atoms with E-state index in [0.29, 0.717) is 12.8 Å². The lowest BCUT2D eigenvalue weighted by Crippen LogP contribution is -2.49. The average Bonchev–Trinajstić information content (AvgIpc) is 2.50. The summed E-state index contributed by atoms with van der Waals surface area (Å²) >= 11 is 1.64. The second-order valence-electron chi connectivity index (χ2n) is 5.20. The number of nitrogens with zero attached hydrogens (tertiary/aromatic N) is 1. The van der Waals surface area contributed by atoms with Crippen LogP contribution in [0.15, 0.2) is 24.3 Å². The predicted molar refractivity (Wildman–Crippen MR) is 84.6 cm³/mol. The van der Waals surface area contributed by atoms with Gasteiger partial charge in [-0.3, -0.25) is 9.59 Å². The molecule has 114 valence electrons. The van der Waals surface area contributed by atoms with Crippen molar-refractivity contribution in [3.63, 3.8) is 0 Å². The van der Waals surface area contributed by atoms with Crippen molar-refractivity contribution in [2.75, 3.05) is 23.5 Å². The third-order valence-electron chi connectivity index (χ3n) is 3.72. The molecule has 0 bridgehead atoms. The maximum atomic E-state index is 12.5. The second-order valence-corrected chi connectivity index (χ2v) is 6.19. The number of nitrogens with two attached hydrogens (primary N) is 1. The molecule has 6 heteroatoms. The highest BCUT2D eigenvalue weighted by atomic mass is 32.2. The number of fused-ring (bicyclic) bond motifs is 1. The lowest BCUT2D eigenvalue weighted by Gasteiger charge is -2.34. The van der Waals surface area contributed by atoms with Crippen LogP contribution in [0, 0.1) is 5.92 Å². The summed E-state index contributed by atoms with van der Waals surface area (Å²) in [5.41, 5.74) is 7.64. The van der Waals surface area contributed by atoms with Gasteiger partial charge in [0.05, 0.1) is 12.0 Å². The van der Waals surface area contributed by atoms with Crippen LogP contribution in [0.4, 0.5) is 5.69 Å². The van der Waals surface area contributed by atoms with Gasteiger partial charge in [0.2, 0.25) is 5.91 Å². The van der Waals surface area contributed by atoms with Gasteiger partial charge < -0.3 is 15.7 Å². The minimum Gasteiger partial charge on any atom is -0.481 e. The van der Waals surface area contributed by atoms with Gasteiger partial charge in [-0.05, 0) is 36.5 Å². The van der Waals surface area contributed by atoms with Gasteiger partial charge in [0.15, 0.2) is 0 Å². The fourth-order valence-corrected chi connectivity index (χ4v) is 3.03. The normalized spacial score (nSPS) is 19.0. The van der Waals surface area contributed by atoms with Gasteiger partial charge in [0, 0.05) is 12.2 Å². The Balaban J connectivity index is 2.24. The molecule has 1 heterocycles. The molecular weight excluding hydrogens is 288 g/mol. The summed E-state index contributed by atoms with van der Waals surface area (Å²) in [7, 11) is 0. The van der Waals surface area contributed by atoms with E-state index in [0.717, 1.165) is 17.0 Å². The summed E-state index contributed by atoms with van der Waals surface area (Å²) in [4.78, 5) is 25.4. The first-order chi connectivity index (χ1) is 10.0. The Morgan fingerprint density at radius 1 is 1.48 bits per heavy atom. The first-order valence-electron chi connectivity index (χ1n) is 6.91. The largest absolute Gasteiger partial charge is 0.481 e. The number of rotatable bonds is 5. The number of carboxylic acids is 1. The van der Waals surface area contributed by atoms with Crippen LogP contribution in [-0.2, 0) is 16.0 Å². The van der Waals surface area contributed by atoms with E-state index in [4.69, 9.17) is 5.73 Å². The number of carboxylic acid groups (broad SMARTS) is 1. The minimum atomic E-state index is -0.875. The summed E-state index contributed by atoms with van der Waals surface area (Å²) in [6, 6.07) is 6.86. The van der Waals surface area contributed by atoms with Gasteiger partial charge in [0.1, 0.15) is 0 Å². The van der Waals surface area contributed by atoms with Crippen LogP contribution in [0.2, 0.25) is 0 Å². The zero-order valence-corrected chi connectivity index (χ0v) is 12.8. The first kappa shape index (κ1) is 15.9. The van der Waals surface area contributed by atoms with Crippen molar-refractivity contribution in [1.29, 1.82) is 0 Å². The third kappa shape index (κ3) is 3.57. The van der Waals surface area contributed by atoms with Crippen molar-refractivity contribution in [1.82, 2.24) is 0 Å². The number of carbonyl (C=O) groups is 2. The van der Waals surface area contributed by atoms with Crippen molar-refractivity contribution < 1.29 is 14.7 Å². The number of para-hydroxylation sites is 1. The molecule has 0 spiro atoms. The highest BCUT2D eigenvalue weighted by Gasteiger charge is 2.33. The molecule has 0 aromatic heterocycles. The number of hydrogen-bond donors (Lipinski definition) is 2. The lowest BCUT2D eigenvalue weighted by molar-refractivity contribution is -0.141. The Morgan fingerprint density at radius 3 is 2.86 bits per heavy atom. The van der Waals surface area contributed by atoms with Gasteiger partial charge in [-0.25, -0.2) is 0 Å². The van der Waals surface area contributed by atoms with Crippen LogP contribution < -0.4 is 10.6 Å². The molecule has 0 radical (unpaired) electrons. The number of hydrogen-bond acceptors (Lipinski definition) is 4. The molecule has 2 atom stereocenters. The highest BCUT2D eigenvalue weighted by molar-refractivity contribution is 7.98. The molecule has 5 nitrogen and oxygen atoms in total. The molecule has 1 amide bonds. The molecule has 1 aliphatic heterocycles. The monoisotopic (exact) mass is 308 g/mol. The van der Waals surface area contributed by atoms with Gasteiger partial charge in [-0.1, -0.05) is 18.2 Å². The van der Waals surface area contributed by atoms with E-state index in [9.17, 15) is 14.7 Å². The van der Waals surface area contributed by atoms with Crippen LogP contribution in [0.3, 0.4) is 0 Å². The van der Waals surface area contributed by atoms with E-state index in [2.05, 4.69) is 0 Å². The van der Waals surface area contributed by atoms with Crippen LogP contribution in [0.25, 0.3) is 0 Å². The Morgan fingerprint density at radius 2 is 2.19 bits per heavy atom. The lowest BCUT2D eigenvalue weighted by atomic mass is 9.92. The Kier molecular flexibility index (Phi) is 5.25. The van der Waals surface area contributed by atoms with Crippen molar-refractivity contribution in [2.45, 2.75) is 18.9 Å². The van der Waals surface area contributed by atoms with Gasteiger partial charge in [-0.15, -0.1) is 0 Å². The molecule has 2 rings (SSSR count). The molecular formula is C15H20N2O3S. The Bertz CT molecular complexity index is 535. The SMILES string of the molecule is CSCC[C@@H](N)C(=O)N1CC(C(=O)O)Cc2ccccc21. The minimum absolute atomic E-state index is 0.192. The molecule has 1 aromatic rings. The number of benzene rings is 1. The summed E-state index contributed by atoms with van der Waals surface area (Å²) < 4.78 is 0. The number of anilines is 1. The van der Waals surface area contributed by atoms with Gasteiger partial charge >= 0.3 is 5.97 Å². The fraction of sp³-hybridized carbons (Fsp3) is 0.467. The van der Waals surface area contributed by atoms with Crippen molar-refractivity contribution >= 4 is 29.3 Å². The maximum Gasteiger partial charge on any atom is 0.308 e. The Hall–Kier alpha value is -1.53. The van der Waals surface area contributed by atoms with Crippen LogP contribution in [-0.4, -0.2) is 41.6 Å². The molecule has 3 N–H and O–H groups in total. The highest BCUT2D eigenvalue weighted by Crippen LogP contribution is 2.30. The van der Waals surface area contributed by atoms with E-state index >= 15 is 0 Å². The summed E-state index contributed by atoms with van der Waals surface area (Å²) in [5, 5.41) is 9.27. The van der Waals surface area contributed by atoms with Crippen LogP contribution in [0.5, 0.6) is 0 Å². The molecule has 1 aromatic carbocycles. The predicted octanol–water partition coefficient (Wildman–Crippen LogP) is 1.36. The molecule has 0 fully saturated rings. The zero-order valence-electron chi connectivity index (χ0n) is 12.0. The van der Waals surface area contributed by atoms with Crippen molar-refractivity contribution in [3.8, 4) is 0 Å². The van der Waals surface area contributed by atoms with Gasteiger partial charge in [0.25, 0.3) is 0 Å². The average molecular weight is 308 g/mol. The summed E-state index contributed by atoms with van der Waals surface area (Å²) in [6.07, 6.45) is 3.01. The van der Waals surface area contributed by atoms with E-state index in [1.54, 1.807) is 16.7 Å². The van der Waals surface area contributed by atoms with E-state index in [-0.39, 0.29) is 12.5 Å². The first-order valence-corrected chi connectivity index (χ1v) is 8.30. The number of aliphatic carboxylic acids is 1. The molecule has 1 unspecified atom stereocenters. The zero-order chi connectivity index (χ0) is 15.4. The third-order valence-corrected chi connectivity index (χ3v) is 4.36. The molecule has 0 saturated carbocycles. The smallest absolute Gasteiger partial charge is 0.308 e. The van der Waals surface area contributed by atoms with Crippen molar-refractivity contribution in [3.05, 3.63) is 29.8 Å². The number of carbonyl (C=O) groups excluding carboxylic acids is 1. The summed E-state index contributed by atoms with van der Waals surface area (Å²) in [6.45, 7) is 0.193. The number of amides is 1. The Labute approximate surface area is 128 Å². The summed E-state index contributed by atoms with van der Waals surface area (Å²) in [5.74, 6) is -0.830. The molecule has 21 heavy (non-hydrogen) atoms. The topological polar surface area (TPSA) is 83.6 Å². The molecule has 0 aliphatic carbocycles. The molecule has 1 aliphatic rings. The van der Waals surface area contributed by atoms with Crippen molar-refractivity contribution in [2.24, 2.45) is 11.7 Å². The van der Waals surface area contributed by atoms with E-state index < -0.39 is 17.9 Å². The fourth-order valence-electron chi connectivity index (χ4n) is 2.54.